The molecule has 0 saturated carbocycles. The maximum Gasteiger partial charge on any atom is 0.266 e. The Hall–Kier alpha value is -3.42. The molecule has 0 fully saturated rings. The van der Waals surface area contributed by atoms with Crippen LogP contribution in [0.15, 0.2) is 81.1 Å². The van der Waals surface area contributed by atoms with E-state index in [4.69, 9.17) is 21.0 Å². The van der Waals surface area contributed by atoms with Gasteiger partial charge in [-0.25, -0.2) is 4.98 Å². The Morgan fingerprint density at radius 2 is 1.79 bits per heavy atom. The molecule has 0 bridgehead atoms. The van der Waals surface area contributed by atoms with E-state index in [9.17, 15) is 4.79 Å². The zero-order valence-electron chi connectivity index (χ0n) is 17.9. The van der Waals surface area contributed by atoms with Gasteiger partial charge in [-0.05, 0) is 61.9 Å². The van der Waals surface area contributed by atoms with Gasteiger partial charge in [0.05, 0.1) is 22.3 Å². The van der Waals surface area contributed by atoms with E-state index in [0.717, 1.165) is 22.4 Å². The minimum Gasteiger partial charge on any atom is -0.420 e. The van der Waals surface area contributed by atoms with Gasteiger partial charge in [0.25, 0.3) is 5.56 Å². The summed E-state index contributed by atoms with van der Waals surface area (Å²) in [7, 11) is 0. The second-order valence-corrected chi connectivity index (χ2v) is 9.07. The summed E-state index contributed by atoms with van der Waals surface area (Å²) in [5, 5.41) is 9.89. The highest BCUT2D eigenvalue weighted by atomic mass is 35.5. The van der Waals surface area contributed by atoms with Gasteiger partial charge in [0.15, 0.2) is 5.16 Å². The van der Waals surface area contributed by atoms with Crippen LogP contribution in [0.4, 0.5) is 0 Å². The summed E-state index contributed by atoms with van der Waals surface area (Å²) in [5.74, 6) is 1.27. The molecule has 0 saturated heterocycles. The van der Waals surface area contributed by atoms with Gasteiger partial charge in [-0.3, -0.25) is 9.36 Å². The van der Waals surface area contributed by atoms with Crippen molar-refractivity contribution in [2.24, 2.45) is 0 Å². The largest absolute Gasteiger partial charge is 0.420 e. The molecule has 5 rings (SSSR count). The number of fused-ring (bicyclic) bond motifs is 1. The topological polar surface area (TPSA) is 73.8 Å². The van der Waals surface area contributed by atoms with Crippen molar-refractivity contribution in [3.05, 3.63) is 99.1 Å². The highest BCUT2D eigenvalue weighted by molar-refractivity contribution is 7.98. The van der Waals surface area contributed by atoms with Crippen molar-refractivity contribution >= 4 is 34.3 Å². The van der Waals surface area contributed by atoms with Gasteiger partial charge >= 0.3 is 0 Å². The summed E-state index contributed by atoms with van der Waals surface area (Å²) in [6.45, 7) is 4.01. The smallest absolute Gasteiger partial charge is 0.266 e. The van der Waals surface area contributed by atoms with E-state index in [0.29, 0.717) is 38.6 Å². The first-order valence-electron chi connectivity index (χ1n) is 10.3. The first-order valence-corrected chi connectivity index (χ1v) is 11.7. The Morgan fingerprint density at radius 1 is 0.970 bits per heavy atom. The van der Waals surface area contributed by atoms with E-state index >= 15 is 0 Å². The third-order valence-corrected chi connectivity index (χ3v) is 6.31. The third kappa shape index (κ3) is 4.42. The van der Waals surface area contributed by atoms with Crippen LogP contribution in [0, 0.1) is 13.8 Å². The van der Waals surface area contributed by atoms with Crippen molar-refractivity contribution in [2.45, 2.75) is 24.8 Å². The first-order chi connectivity index (χ1) is 16.0. The number of hydrogen-bond acceptors (Lipinski definition) is 6. The molecule has 0 radical (unpaired) electrons. The fourth-order valence-electron chi connectivity index (χ4n) is 3.48. The Labute approximate surface area is 199 Å². The van der Waals surface area contributed by atoms with Crippen LogP contribution in [0.1, 0.15) is 17.0 Å². The van der Waals surface area contributed by atoms with Crippen LogP contribution in [0.2, 0.25) is 5.02 Å². The molecular formula is C25H19ClN4O2S. The van der Waals surface area contributed by atoms with Gasteiger partial charge in [0, 0.05) is 10.6 Å². The number of halogens is 1. The predicted molar refractivity (Wildman–Crippen MR) is 131 cm³/mol. The quantitative estimate of drug-likeness (QED) is 0.230. The van der Waals surface area contributed by atoms with Gasteiger partial charge in [-0.2, -0.15) is 0 Å². The Bertz CT molecular complexity index is 1530. The SMILES string of the molecule is Cc1ccc(-c2nnc(CSc3nc4cc(Cl)ccc4c(=O)n3-c3cccc(C)c3)o2)cc1. The Balaban J connectivity index is 1.53. The molecular weight excluding hydrogens is 456 g/mol. The maximum atomic E-state index is 13.4. The standard InChI is InChI=1S/C25H19ClN4O2S/c1-15-6-8-17(9-7-15)23-29-28-22(32-23)14-33-25-27-21-13-18(26)10-11-20(21)24(31)30(25)19-5-3-4-16(2)12-19/h3-13H,14H2,1-2H3. The fraction of sp³-hybridized carbons (Fsp3) is 0.120. The van der Waals surface area contributed by atoms with Gasteiger partial charge < -0.3 is 4.42 Å². The summed E-state index contributed by atoms with van der Waals surface area (Å²) >= 11 is 7.51. The molecule has 0 unspecified atom stereocenters. The van der Waals surface area contributed by atoms with Crippen molar-refractivity contribution in [3.63, 3.8) is 0 Å². The van der Waals surface area contributed by atoms with Crippen molar-refractivity contribution < 1.29 is 4.42 Å². The summed E-state index contributed by atoms with van der Waals surface area (Å²) in [6, 6.07) is 20.8. The molecule has 8 heteroatoms. The number of thioether (sulfide) groups is 1. The second kappa shape index (κ2) is 8.84. The van der Waals surface area contributed by atoms with E-state index < -0.39 is 0 Å². The van der Waals surface area contributed by atoms with Crippen LogP contribution in [0.3, 0.4) is 0 Å². The van der Waals surface area contributed by atoms with E-state index in [1.54, 1.807) is 22.8 Å². The second-order valence-electron chi connectivity index (χ2n) is 7.69. The van der Waals surface area contributed by atoms with Crippen molar-refractivity contribution in [1.82, 2.24) is 19.7 Å². The average Bonchev–Trinajstić information content (AvgIpc) is 3.27. The molecule has 0 aliphatic carbocycles. The summed E-state index contributed by atoms with van der Waals surface area (Å²) in [4.78, 5) is 18.2. The number of rotatable bonds is 5. The lowest BCUT2D eigenvalue weighted by Gasteiger charge is -2.13. The molecule has 6 nitrogen and oxygen atoms in total. The van der Waals surface area contributed by atoms with Gasteiger partial charge in [0.2, 0.25) is 11.8 Å². The molecule has 5 aromatic rings. The Kier molecular flexibility index (Phi) is 5.74. The van der Waals surface area contributed by atoms with E-state index in [1.807, 2.05) is 62.4 Å². The lowest BCUT2D eigenvalue weighted by molar-refractivity contribution is 0.528. The average molecular weight is 475 g/mol. The van der Waals surface area contributed by atoms with E-state index in [-0.39, 0.29) is 5.56 Å². The Morgan fingerprint density at radius 3 is 2.58 bits per heavy atom. The molecule has 0 aliphatic heterocycles. The highest BCUT2D eigenvalue weighted by Crippen LogP contribution is 2.27. The number of aryl methyl sites for hydroxylation is 2. The lowest BCUT2D eigenvalue weighted by Crippen LogP contribution is -2.21. The van der Waals surface area contributed by atoms with Crippen LogP contribution < -0.4 is 5.56 Å². The summed E-state index contributed by atoms with van der Waals surface area (Å²) < 4.78 is 7.47. The van der Waals surface area contributed by atoms with Crippen LogP contribution in [0.5, 0.6) is 0 Å². The van der Waals surface area contributed by atoms with Crippen LogP contribution in [-0.2, 0) is 5.75 Å². The van der Waals surface area contributed by atoms with Gasteiger partial charge in [0.1, 0.15) is 0 Å². The van der Waals surface area contributed by atoms with Crippen LogP contribution in [-0.4, -0.2) is 19.7 Å². The third-order valence-electron chi connectivity index (χ3n) is 5.15. The number of benzene rings is 3. The van der Waals surface area contributed by atoms with Gasteiger partial charge in [-0.15, -0.1) is 10.2 Å². The molecule has 0 spiro atoms. The number of aromatic nitrogens is 4. The summed E-state index contributed by atoms with van der Waals surface area (Å²) in [5.41, 5.74) is 4.20. The molecule has 2 heterocycles. The first kappa shape index (κ1) is 21.4. The lowest BCUT2D eigenvalue weighted by atomic mass is 10.1. The minimum atomic E-state index is -0.157. The molecule has 0 amide bonds. The summed E-state index contributed by atoms with van der Waals surface area (Å²) in [6.07, 6.45) is 0. The molecule has 0 atom stereocenters. The molecule has 0 aliphatic rings. The molecule has 3 aromatic carbocycles. The van der Waals surface area contributed by atoms with Crippen molar-refractivity contribution in [1.29, 1.82) is 0 Å². The predicted octanol–water partition coefficient (Wildman–Crippen LogP) is 6.00. The zero-order chi connectivity index (χ0) is 22.9. The fourth-order valence-corrected chi connectivity index (χ4v) is 4.50. The van der Waals surface area contributed by atoms with Crippen LogP contribution >= 0.6 is 23.4 Å². The highest BCUT2D eigenvalue weighted by Gasteiger charge is 2.16. The molecule has 33 heavy (non-hydrogen) atoms. The van der Waals surface area contributed by atoms with Crippen molar-refractivity contribution in [2.75, 3.05) is 0 Å². The number of hydrogen-bond donors (Lipinski definition) is 0. The minimum absolute atomic E-state index is 0.157. The van der Waals surface area contributed by atoms with E-state index in [1.165, 1.54) is 11.8 Å². The normalized spacial score (nSPS) is 11.2. The van der Waals surface area contributed by atoms with E-state index in [2.05, 4.69) is 10.2 Å². The molecule has 2 aromatic heterocycles. The monoisotopic (exact) mass is 474 g/mol. The molecule has 0 N–H and O–H groups in total. The zero-order valence-corrected chi connectivity index (χ0v) is 19.5. The van der Waals surface area contributed by atoms with Gasteiger partial charge in [-0.1, -0.05) is 53.2 Å². The van der Waals surface area contributed by atoms with Crippen molar-refractivity contribution in [3.8, 4) is 17.1 Å². The maximum absolute atomic E-state index is 13.4. The molecule has 164 valence electrons. The van der Waals surface area contributed by atoms with Crippen LogP contribution in [0.25, 0.3) is 28.0 Å². The number of nitrogens with zero attached hydrogens (tertiary/aromatic N) is 4.